The normalized spacial score (nSPS) is 18.9. The summed E-state index contributed by atoms with van der Waals surface area (Å²) in [6, 6.07) is 13.3. The standard InChI is InChI=1S/C23H26ClN3O4/c1-3-4-21(28)25-18-11-7-16(8-12-18)22(29)14(2)31-23(30)20-13-19(26-27-20)15-5-9-17(24)10-6-15/h5-12,14,19-20,26-27H,3-4,13H2,1-2H3,(H,25,28). The van der Waals surface area contributed by atoms with Crippen LogP contribution in [0.5, 0.6) is 0 Å². The van der Waals surface area contributed by atoms with Gasteiger partial charge < -0.3 is 10.1 Å². The maximum absolute atomic E-state index is 12.6. The molecule has 0 aromatic heterocycles. The van der Waals surface area contributed by atoms with E-state index >= 15 is 0 Å². The molecule has 1 heterocycles. The second-order valence-corrected chi connectivity index (χ2v) is 7.94. The molecule has 1 aliphatic rings. The lowest BCUT2D eigenvalue weighted by atomic mass is 10.0. The highest BCUT2D eigenvalue weighted by atomic mass is 35.5. The lowest BCUT2D eigenvalue weighted by Crippen LogP contribution is -2.39. The summed E-state index contributed by atoms with van der Waals surface area (Å²) in [5.41, 5.74) is 8.03. The van der Waals surface area contributed by atoms with Crippen molar-refractivity contribution in [2.45, 2.75) is 51.3 Å². The molecule has 1 aliphatic heterocycles. The highest BCUT2D eigenvalue weighted by Gasteiger charge is 2.33. The second-order valence-electron chi connectivity index (χ2n) is 7.50. The zero-order valence-electron chi connectivity index (χ0n) is 17.5. The Labute approximate surface area is 186 Å². The fourth-order valence-corrected chi connectivity index (χ4v) is 3.46. The molecule has 1 saturated heterocycles. The third-order valence-corrected chi connectivity index (χ3v) is 5.30. The van der Waals surface area contributed by atoms with Crippen LogP contribution in [0.1, 0.15) is 55.1 Å². The molecular weight excluding hydrogens is 418 g/mol. The van der Waals surface area contributed by atoms with Gasteiger partial charge in [0.15, 0.2) is 6.10 Å². The van der Waals surface area contributed by atoms with Gasteiger partial charge in [0.05, 0.1) is 0 Å². The quantitative estimate of drug-likeness (QED) is 0.424. The Hall–Kier alpha value is -2.74. The van der Waals surface area contributed by atoms with Crippen molar-refractivity contribution in [2.24, 2.45) is 0 Å². The molecule has 3 atom stereocenters. The van der Waals surface area contributed by atoms with Crippen molar-refractivity contribution in [3.63, 3.8) is 0 Å². The van der Waals surface area contributed by atoms with Gasteiger partial charge in [0.25, 0.3) is 0 Å². The Morgan fingerprint density at radius 3 is 2.42 bits per heavy atom. The zero-order chi connectivity index (χ0) is 22.4. The average Bonchev–Trinajstić information content (AvgIpc) is 3.25. The molecule has 2 aromatic carbocycles. The number of hydrogen-bond acceptors (Lipinski definition) is 6. The molecule has 0 radical (unpaired) electrons. The number of hydrogen-bond donors (Lipinski definition) is 3. The topological polar surface area (TPSA) is 96.5 Å². The predicted molar refractivity (Wildman–Crippen MR) is 119 cm³/mol. The molecule has 3 unspecified atom stereocenters. The Bertz CT molecular complexity index is 931. The van der Waals surface area contributed by atoms with Crippen LogP contribution in [-0.2, 0) is 14.3 Å². The van der Waals surface area contributed by atoms with E-state index in [-0.39, 0.29) is 17.7 Å². The zero-order valence-corrected chi connectivity index (χ0v) is 18.2. The summed E-state index contributed by atoms with van der Waals surface area (Å²) >= 11 is 5.92. The summed E-state index contributed by atoms with van der Waals surface area (Å²) in [6.45, 7) is 3.48. The lowest BCUT2D eigenvalue weighted by Gasteiger charge is -2.15. The van der Waals surface area contributed by atoms with E-state index in [9.17, 15) is 14.4 Å². The summed E-state index contributed by atoms with van der Waals surface area (Å²) in [5, 5.41) is 3.42. The molecule has 0 bridgehead atoms. The molecule has 2 aromatic rings. The van der Waals surface area contributed by atoms with E-state index in [2.05, 4.69) is 16.2 Å². The molecule has 164 valence electrons. The number of rotatable bonds is 8. The molecular formula is C23H26ClN3O4. The van der Waals surface area contributed by atoms with Crippen LogP contribution in [0.3, 0.4) is 0 Å². The third-order valence-electron chi connectivity index (χ3n) is 5.05. The summed E-state index contributed by atoms with van der Waals surface area (Å²) in [5.74, 6) is -0.869. The minimum absolute atomic E-state index is 0.0590. The van der Waals surface area contributed by atoms with Crippen LogP contribution in [0.15, 0.2) is 48.5 Å². The number of halogens is 1. The molecule has 7 nitrogen and oxygen atoms in total. The molecule has 0 saturated carbocycles. The van der Waals surface area contributed by atoms with Gasteiger partial charge in [-0.2, -0.15) is 0 Å². The van der Waals surface area contributed by atoms with Crippen molar-refractivity contribution in [3.8, 4) is 0 Å². The molecule has 1 amide bonds. The van der Waals surface area contributed by atoms with Crippen LogP contribution in [0, 0.1) is 0 Å². The first-order chi connectivity index (χ1) is 14.9. The van der Waals surface area contributed by atoms with Crippen LogP contribution in [0.2, 0.25) is 5.02 Å². The minimum atomic E-state index is -0.926. The van der Waals surface area contributed by atoms with E-state index in [0.29, 0.717) is 29.1 Å². The monoisotopic (exact) mass is 443 g/mol. The van der Waals surface area contributed by atoms with E-state index in [0.717, 1.165) is 12.0 Å². The van der Waals surface area contributed by atoms with Gasteiger partial charge in [-0.1, -0.05) is 30.7 Å². The number of esters is 1. The van der Waals surface area contributed by atoms with E-state index in [1.54, 1.807) is 43.3 Å². The van der Waals surface area contributed by atoms with Crippen LogP contribution < -0.4 is 16.2 Å². The highest BCUT2D eigenvalue weighted by molar-refractivity contribution is 6.30. The van der Waals surface area contributed by atoms with E-state index in [1.165, 1.54) is 0 Å². The third kappa shape index (κ3) is 6.13. The number of carbonyl (C=O) groups is 3. The number of carbonyl (C=O) groups excluding carboxylic acids is 3. The molecule has 31 heavy (non-hydrogen) atoms. The van der Waals surface area contributed by atoms with E-state index < -0.39 is 18.1 Å². The van der Waals surface area contributed by atoms with Crippen molar-refractivity contribution >= 4 is 34.9 Å². The number of hydrazine groups is 1. The van der Waals surface area contributed by atoms with Crippen molar-refractivity contribution in [2.75, 3.05) is 5.32 Å². The fraction of sp³-hybridized carbons (Fsp3) is 0.348. The molecule has 8 heteroatoms. The van der Waals surface area contributed by atoms with Gasteiger partial charge in [-0.15, -0.1) is 0 Å². The van der Waals surface area contributed by atoms with Crippen molar-refractivity contribution in [1.82, 2.24) is 10.9 Å². The van der Waals surface area contributed by atoms with Gasteiger partial charge in [0.1, 0.15) is 6.04 Å². The SMILES string of the molecule is CCCC(=O)Nc1ccc(C(=O)C(C)OC(=O)C2CC(c3ccc(Cl)cc3)NN2)cc1. The van der Waals surface area contributed by atoms with Crippen molar-refractivity contribution in [1.29, 1.82) is 0 Å². The predicted octanol–water partition coefficient (Wildman–Crippen LogP) is 3.80. The summed E-state index contributed by atoms with van der Waals surface area (Å²) in [4.78, 5) is 36.8. The highest BCUT2D eigenvalue weighted by Crippen LogP contribution is 2.24. The second kappa shape index (κ2) is 10.5. The van der Waals surface area contributed by atoms with Crippen LogP contribution in [0.4, 0.5) is 5.69 Å². The van der Waals surface area contributed by atoms with Gasteiger partial charge in [0, 0.05) is 28.7 Å². The maximum atomic E-state index is 12.6. The number of amides is 1. The number of Topliss-reactive ketones (excluding diaryl/α,β-unsaturated/α-hetero) is 1. The summed E-state index contributed by atoms with van der Waals surface area (Å²) < 4.78 is 5.40. The van der Waals surface area contributed by atoms with Crippen LogP contribution in [-0.4, -0.2) is 29.8 Å². The van der Waals surface area contributed by atoms with Gasteiger partial charge in [-0.25, -0.2) is 10.9 Å². The Morgan fingerprint density at radius 2 is 1.77 bits per heavy atom. The minimum Gasteiger partial charge on any atom is -0.453 e. The van der Waals surface area contributed by atoms with Gasteiger partial charge in [-0.05, 0) is 61.7 Å². The molecule has 3 rings (SSSR count). The van der Waals surface area contributed by atoms with Crippen molar-refractivity contribution < 1.29 is 19.1 Å². The number of nitrogens with one attached hydrogen (secondary N) is 3. The Kier molecular flexibility index (Phi) is 7.79. The number of anilines is 1. The van der Waals surface area contributed by atoms with E-state index in [1.807, 2.05) is 19.1 Å². The van der Waals surface area contributed by atoms with E-state index in [4.69, 9.17) is 16.3 Å². The first-order valence-electron chi connectivity index (χ1n) is 10.3. The fourth-order valence-electron chi connectivity index (χ4n) is 3.34. The number of ether oxygens (including phenoxy) is 1. The van der Waals surface area contributed by atoms with Crippen molar-refractivity contribution in [3.05, 3.63) is 64.7 Å². The molecule has 1 fully saturated rings. The number of benzene rings is 2. The largest absolute Gasteiger partial charge is 0.453 e. The average molecular weight is 444 g/mol. The van der Waals surface area contributed by atoms with Crippen LogP contribution >= 0.6 is 11.6 Å². The van der Waals surface area contributed by atoms with Gasteiger partial charge in [0.2, 0.25) is 11.7 Å². The molecule has 0 aliphatic carbocycles. The smallest absolute Gasteiger partial charge is 0.325 e. The lowest BCUT2D eigenvalue weighted by molar-refractivity contribution is -0.148. The van der Waals surface area contributed by atoms with Gasteiger partial charge in [-0.3, -0.25) is 14.4 Å². The molecule has 0 spiro atoms. The number of ketones is 1. The Balaban J connectivity index is 1.52. The first-order valence-corrected chi connectivity index (χ1v) is 10.7. The first kappa shape index (κ1) is 22.9. The summed E-state index contributed by atoms with van der Waals surface area (Å²) in [6.07, 6.45) is 0.769. The summed E-state index contributed by atoms with van der Waals surface area (Å²) in [7, 11) is 0. The maximum Gasteiger partial charge on any atom is 0.325 e. The van der Waals surface area contributed by atoms with Crippen LogP contribution in [0.25, 0.3) is 0 Å². The molecule has 3 N–H and O–H groups in total. The Morgan fingerprint density at radius 1 is 1.10 bits per heavy atom. The van der Waals surface area contributed by atoms with Gasteiger partial charge >= 0.3 is 5.97 Å².